The normalized spacial score (nSPS) is 16.6. The molecule has 114 valence electrons. The molecule has 0 radical (unpaired) electrons. The molecule has 0 aliphatic rings. The van der Waals surface area contributed by atoms with Crippen molar-refractivity contribution in [1.29, 1.82) is 0 Å². The fourth-order valence-corrected chi connectivity index (χ4v) is 1.90. The highest BCUT2D eigenvalue weighted by Gasteiger charge is 2.44. The van der Waals surface area contributed by atoms with Crippen molar-refractivity contribution in [3.05, 3.63) is 0 Å². The molecule has 0 amide bonds. The lowest BCUT2D eigenvalue weighted by molar-refractivity contribution is -0.182. The van der Waals surface area contributed by atoms with E-state index in [0.717, 1.165) is 6.42 Å². The zero-order chi connectivity index (χ0) is 15.6. The van der Waals surface area contributed by atoms with E-state index in [1.54, 1.807) is 0 Å². The molecule has 0 heterocycles. The van der Waals surface area contributed by atoms with Crippen molar-refractivity contribution in [2.45, 2.75) is 81.3 Å². The SMILES string of the molecule is CC(C)CC(C)(C(=O)OC(C)(C)C(C)(C)C)C(C)C. The lowest BCUT2D eigenvalue weighted by atomic mass is 9.72. The van der Waals surface area contributed by atoms with Gasteiger partial charge in [0.05, 0.1) is 5.41 Å². The number of carbonyl (C=O) groups excluding carboxylic acids is 1. The average Bonchev–Trinajstić information content (AvgIpc) is 2.13. The van der Waals surface area contributed by atoms with E-state index in [4.69, 9.17) is 4.74 Å². The quantitative estimate of drug-likeness (QED) is 0.652. The van der Waals surface area contributed by atoms with Crippen molar-refractivity contribution in [3.63, 3.8) is 0 Å². The minimum Gasteiger partial charge on any atom is -0.459 e. The third-order valence-electron chi connectivity index (χ3n) is 4.73. The Morgan fingerprint density at radius 2 is 1.37 bits per heavy atom. The van der Waals surface area contributed by atoms with Crippen LogP contribution in [0.1, 0.15) is 75.7 Å². The van der Waals surface area contributed by atoms with Gasteiger partial charge < -0.3 is 4.74 Å². The molecule has 0 N–H and O–H groups in total. The maximum absolute atomic E-state index is 12.7. The molecule has 0 fully saturated rings. The maximum atomic E-state index is 12.7. The predicted octanol–water partition coefficient (Wildman–Crippen LogP) is 5.06. The molecule has 0 aromatic carbocycles. The molecule has 0 aliphatic heterocycles. The molecule has 1 unspecified atom stereocenters. The van der Waals surface area contributed by atoms with Gasteiger partial charge in [-0.25, -0.2) is 0 Å². The summed E-state index contributed by atoms with van der Waals surface area (Å²) in [5, 5.41) is 0. The zero-order valence-electron chi connectivity index (χ0n) is 14.7. The van der Waals surface area contributed by atoms with Crippen molar-refractivity contribution in [3.8, 4) is 0 Å². The Kier molecular flexibility index (Phi) is 5.68. The van der Waals surface area contributed by atoms with Crippen LogP contribution in [0.15, 0.2) is 0 Å². The predicted molar refractivity (Wildman–Crippen MR) is 82.0 cm³/mol. The summed E-state index contributed by atoms with van der Waals surface area (Å²) in [5.41, 5.74) is -0.938. The van der Waals surface area contributed by atoms with Crippen LogP contribution in [-0.2, 0) is 9.53 Å². The molecular formula is C17H34O2. The molecule has 19 heavy (non-hydrogen) atoms. The van der Waals surface area contributed by atoms with Crippen LogP contribution in [0.25, 0.3) is 0 Å². The van der Waals surface area contributed by atoms with Gasteiger partial charge in [-0.3, -0.25) is 4.79 Å². The number of ether oxygens (including phenoxy) is 1. The topological polar surface area (TPSA) is 26.3 Å². The van der Waals surface area contributed by atoms with Gasteiger partial charge in [-0.15, -0.1) is 0 Å². The number of hydrogen-bond acceptors (Lipinski definition) is 2. The first-order valence-corrected chi connectivity index (χ1v) is 7.47. The Morgan fingerprint density at radius 1 is 0.947 bits per heavy atom. The lowest BCUT2D eigenvalue weighted by Gasteiger charge is -2.42. The standard InChI is InChI=1S/C17H34O2/c1-12(2)11-17(10,13(3)4)14(18)19-16(8,9)15(5,6)7/h12-13H,11H2,1-10H3. The number of hydrogen-bond donors (Lipinski definition) is 0. The van der Waals surface area contributed by atoms with Crippen LogP contribution >= 0.6 is 0 Å². The van der Waals surface area contributed by atoms with E-state index in [2.05, 4.69) is 48.5 Å². The molecular weight excluding hydrogens is 236 g/mol. The molecule has 0 spiro atoms. The Bertz CT molecular complexity index is 308. The van der Waals surface area contributed by atoms with Crippen LogP contribution < -0.4 is 0 Å². The van der Waals surface area contributed by atoms with E-state index in [1.165, 1.54) is 0 Å². The van der Waals surface area contributed by atoms with Gasteiger partial charge in [0.1, 0.15) is 5.60 Å². The van der Waals surface area contributed by atoms with Crippen molar-refractivity contribution in [1.82, 2.24) is 0 Å². The monoisotopic (exact) mass is 270 g/mol. The summed E-state index contributed by atoms with van der Waals surface area (Å²) in [6.07, 6.45) is 0.865. The minimum absolute atomic E-state index is 0.0591. The first kappa shape index (κ1) is 18.5. The zero-order valence-corrected chi connectivity index (χ0v) is 14.7. The first-order valence-electron chi connectivity index (χ1n) is 7.47. The van der Waals surface area contributed by atoms with Crippen molar-refractivity contribution in [2.75, 3.05) is 0 Å². The number of rotatable bonds is 5. The molecule has 0 bridgehead atoms. The van der Waals surface area contributed by atoms with Crippen LogP contribution in [0, 0.1) is 22.7 Å². The van der Waals surface area contributed by atoms with Gasteiger partial charge in [0.2, 0.25) is 0 Å². The summed E-state index contributed by atoms with van der Waals surface area (Å²) < 4.78 is 5.89. The van der Waals surface area contributed by atoms with Crippen LogP contribution in [0.3, 0.4) is 0 Å². The summed E-state index contributed by atoms with van der Waals surface area (Å²) in [5.74, 6) is 0.701. The molecule has 1 atom stereocenters. The second-order valence-corrected chi connectivity index (χ2v) is 8.32. The smallest absolute Gasteiger partial charge is 0.312 e. The highest BCUT2D eigenvalue weighted by atomic mass is 16.6. The summed E-state index contributed by atoms with van der Waals surface area (Å²) >= 11 is 0. The summed E-state index contributed by atoms with van der Waals surface area (Å²) in [6, 6.07) is 0. The van der Waals surface area contributed by atoms with Gasteiger partial charge in [0.25, 0.3) is 0 Å². The van der Waals surface area contributed by atoms with E-state index < -0.39 is 11.0 Å². The molecule has 0 rings (SSSR count). The Morgan fingerprint density at radius 3 is 1.63 bits per heavy atom. The lowest BCUT2D eigenvalue weighted by Crippen LogP contribution is -2.46. The van der Waals surface area contributed by atoms with Gasteiger partial charge in [-0.2, -0.15) is 0 Å². The first-order chi connectivity index (χ1) is 8.24. The van der Waals surface area contributed by atoms with E-state index >= 15 is 0 Å². The highest BCUT2D eigenvalue weighted by molar-refractivity contribution is 5.77. The van der Waals surface area contributed by atoms with Crippen molar-refractivity contribution in [2.24, 2.45) is 22.7 Å². The molecule has 2 heteroatoms. The Hall–Kier alpha value is -0.530. The van der Waals surface area contributed by atoms with E-state index in [-0.39, 0.29) is 17.3 Å². The van der Waals surface area contributed by atoms with Gasteiger partial charge in [0, 0.05) is 5.41 Å². The van der Waals surface area contributed by atoms with E-state index in [0.29, 0.717) is 5.92 Å². The Balaban J connectivity index is 5.16. The minimum atomic E-state index is -0.461. The van der Waals surface area contributed by atoms with Gasteiger partial charge >= 0.3 is 5.97 Å². The fourth-order valence-electron chi connectivity index (χ4n) is 1.90. The maximum Gasteiger partial charge on any atom is 0.312 e. The third kappa shape index (κ3) is 4.50. The summed E-state index contributed by atoms with van der Waals surface area (Å²) in [7, 11) is 0. The van der Waals surface area contributed by atoms with Crippen molar-refractivity contribution >= 4 is 5.97 Å². The van der Waals surface area contributed by atoms with Gasteiger partial charge in [0.15, 0.2) is 0 Å². The Labute approximate surface area is 120 Å². The number of esters is 1. The van der Waals surface area contributed by atoms with Crippen LogP contribution in [0.4, 0.5) is 0 Å². The van der Waals surface area contributed by atoms with E-state index in [9.17, 15) is 4.79 Å². The van der Waals surface area contributed by atoms with Crippen LogP contribution in [-0.4, -0.2) is 11.6 Å². The third-order valence-corrected chi connectivity index (χ3v) is 4.73. The second-order valence-electron chi connectivity index (χ2n) is 8.32. The van der Waals surface area contributed by atoms with E-state index in [1.807, 2.05) is 20.8 Å². The number of carbonyl (C=O) groups is 1. The average molecular weight is 270 g/mol. The van der Waals surface area contributed by atoms with Crippen molar-refractivity contribution < 1.29 is 9.53 Å². The van der Waals surface area contributed by atoms with Gasteiger partial charge in [-0.05, 0) is 39.0 Å². The summed E-state index contributed by atoms with van der Waals surface area (Å²) in [6.45, 7) is 20.9. The molecule has 0 saturated carbocycles. The molecule has 0 aromatic heterocycles. The van der Waals surface area contributed by atoms with Crippen LogP contribution in [0.2, 0.25) is 0 Å². The summed E-state index contributed by atoms with van der Waals surface area (Å²) in [4.78, 5) is 12.7. The van der Waals surface area contributed by atoms with Gasteiger partial charge in [-0.1, -0.05) is 48.5 Å². The second kappa shape index (κ2) is 5.85. The molecule has 0 saturated heterocycles. The fraction of sp³-hybridized carbons (Fsp3) is 0.941. The molecule has 0 aliphatic carbocycles. The highest BCUT2D eigenvalue weighted by Crippen LogP contribution is 2.40. The molecule has 2 nitrogen and oxygen atoms in total. The largest absolute Gasteiger partial charge is 0.459 e. The molecule has 0 aromatic rings. The van der Waals surface area contributed by atoms with Crippen LogP contribution in [0.5, 0.6) is 0 Å².